The van der Waals surface area contributed by atoms with Crippen LogP contribution in [-0.2, 0) is 21.2 Å². The van der Waals surface area contributed by atoms with Gasteiger partial charge in [-0.3, -0.25) is 0 Å². The molecule has 1 N–H and O–H groups in total. The van der Waals surface area contributed by atoms with Crippen molar-refractivity contribution < 1.29 is 27.0 Å². The molecule has 3 aromatic carbocycles. The maximum Gasteiger partial charge on any atom is 0.152 e. The molecule has 2 aromatic heterocycles. The number of ether oxygens (including phenoxy) is 3. The second-order valence-electron chi connectivity index (χ2n) is 10.1. The molecule has 0 fully saturated rings. The summed E-state index contributed by atoms with van der Waals surface area (Å²) in [4.78, 5) is 13.8. The van der Waals surface area contributed by atoms with E-state index >= 15 is 0 Å². The molecule has 0 aliphatic rings. The number of rotatable bonds is 14. The van der Waals surface area contributed by atoms with E-state index in [4.69, 9.17) is 19.2 Å². The Labute approximate surface area is 273 Å². The predicted molar refractivity (Wildman–Crippen MR) is 179 cm³/mol. The second kappa shape index (κ2) is 14.6. The van der Waals surface area contributed by atoms with Crippen molar-refractivity contribution in [3.8, 4) is 22.8 Å². The minimum atomic E-state index is -3.12. The highest BCUT2D eigenvalue weighted by atomic mass is 79.9. The van der Waals surface area contributed by atoms with Crippen LogP contribution in [0.5, 0.6) is 11.5 Å². The van der Waals surface area contributed by atoms with E-state index < -0.39 is 9.84 Å². The van der Waals surface area contributed by atoms with Gasteiger partial charge in [-0.25, -0.2) is 27.8 Å². The van der Waals surface area contributed by atoms with Gasteiger partial charge in [0.1, 0.15) is 47.2 Å². The van der Waals surface area contributed by atoms with Gasteiger partial charge in [0, 0.05) is 33.8 Å². The zero-order valence-electron chi connectivity index (χ0n) is 24.9. The molecule has 0 saturated heterocycles. The molecule has 2 heterocycles. The molecule has 236 valence electrons. The first-order valence-electron chi connectivity index (χ1n) is 14.2. The predicted octanol–water partition coefficient (Wildman–Crippen LogP) is 7.89. The molecule has 45 heavy (non-hydrogen) atoms. The Morgan fingerprint density at radius 1 is 1.07 bits per heavy atom. The van der Waals surface area contributed by atoms with E-state index in [-0.39, 0.29) is 36.6 Å². The average molecular weight is 716 g/mol. The van der Waals surface area contributed by atoms with Crippen LogP contribution >= 0.6 is 27.3 Å². The third kappa shape index (κ3) is 8.15. The summed E-state index contributed by atoms with van der Waals surface area (Å²) < 4.78 is 55.5. The van der Waals surface area contributed by atoms with Crippen LogP contribution in [0.15, 0.2) is 70.8 Å². The topological polar surface area (TPSA) is 113 Å². The number of hydrogen-bond donors (Lipinski definition) is 1. The lowest BCUT2D eigenvalue weighted by atomic mass is 10.1. The fourth-order valence-electron chi connectivity index (χ4n) is 4.56. The number of methoxy groups -OCH3 is 1. The van der Waals surface area contributed by atoms with Gasteiger partial charge < -0.3 is 19.5 Å². The summed E-state index contributed by atoms with van der Waals surface area (Å²) in [7, 11) is -1.52. The van der Waals surface area contributed by atoms with Crippen molar-refractivity contribution in [3.05, 3.63) is 87.2 Å². The molecule has 0 radical (unpaired) electrons. The molecule has 0 saturated carbocycles. The molecule has 1 unspecified atom stereocenters. The number of nitrogens with zero attached hydrogens (tertiary/aromatic N) is 3. The maximum absolute atomic E-state index is 13.5. The number of sulfone groups is 1. The molecule has 0 aliphatic heterocycles. The smallest absolute Gasteiger partial charge is 0.152 e. The third-order valence-electron chi connectivity index (χ3n) is 7.03. The molecular weight excluding hydrogens is 683 g/mol. The number of fused-ring (bicyclic) bond motifs is 1. The molecule has 1 atom stereocenters. The first-order valence-corrected chi connectivity index (χ1v) is 17.7. The number of thiazole rings is 1. The van der Waals surface area contributed by atoms with Gasteiger partial charge in [-0.1, -0.05) is 26.0 Å². The van der Waals surface area contributed by atoms with Gasteiger partial charge in [0.2, 0.25) is 0 Å². The highest BCUT2D eigenvalue weighted by Gasteiger charge is 2.20. The van der Waals surface area contributed by atoms with Crippen LogP contribution in [0.4, 0.5) is 15.9 Å². The first kappa shape index (κ1) is 32.7. The number of anilines is 2. The van der Waals surface area contributed by atoms with Crippen molar-refractivity contribution in [2.45, 2.75) is 33.0 Å². The Morgan fingerprint density at radius 3 is 2.64 bits per heavy atom. The van der Waals surface area contributed by atoms with Gasteiger partial charge in [0.25, 0.3) is 0 Å². The molecule has 0 spiro atoms. The van der Waals surface area contributed by atoms with Crippen molar-refractivity contribution in [2.75, 3.05) is 30.5 Å². The molecule has 9 nitrogen and oxygen atoms in total. The summed E-state index contributed by atoms with van der Waals surface area (Å²) in [5.41, 5.74) is 3.64. The standard InChI is InChI=1S/C32H32BrFN4O5S2/c1-4-28(42-11-12-45(39,40)5-2)32-38-27(18-44-32)23-15-24-26(16-30(23)41-3)35-19-36-31(24)37-22-9-10-29(25(33)14-22)43-17-20-7-6-8-21(34)13-20/h6-10,13-16,18-19,28H,4-5,11-12,17H2,1-3H3,(H,35,36,37). The van der Waals surface area contributed by atoms with Crippen molar-refractivity contribution in [2.24, 2.45) is 0 Å². The summed E-state index contributed by atoms with van der Waals surface area (Å²) in [6.45, 7) is 3.96. The van der Waals surface area contributed by atoms with Gasteiger partial charge >= 0.3 is 0 Å². The summed E-state index contributed by atoms with van der Waals surface area (Å²) >= 11 is 5.03. The van der Waals surface area contributed by atoms with Crippen LogP contribution in [0, 0.1) is 5.82 Å². The number of aromatic nitrogens is 3. The lowest BCUT2D eigenvalue weighted by molar-refractivity contribution is 0.0609. The van der Waals surface area contributed by atoms with Crippen LogP contribution in [0.25, 0.3) is 22.2 Å². The SMILES string of the molecule is CCC(OCCS(=O)(=O)CC)c1nc(-c2cc3c(Nc4ccc(OCc5cccc(F)c5)c(Br)c4)ncnc3cc2OC)cs1. The number of halogens is 2. The number of nitrogens with one attached hydrogen (secondary N) is 1. The van der Waals surface area contributed by atoms with Crippen molar-refractivity contribution in [1.82, 2.24) is 15.0 Å². The zero-order chi connectivity index (χ0) is 32.0. The second-order valence-corrected chi connectivity index (χ2v) is 14.3. The molecule has 5 aromatic rings. The summed E-state index contributed by atoms with van der Waals surface area (Å²) in [5, 5.41) is 6.83. The normalized spacial score (nSPS) is 12.3. The van der Waals surface area contributed by atoms with Crippen LogP contribution < -0.4 is 14.8 Å². The fraction of sp³-hybridized carbons (Fsp3) is 0.281. The Kier molecular flexibility index (Phi) is 10.6. The van der Waals surface area contributed by atoms with Gasteiger partial charge in [-0.2, -0.15) is 0 Å². The largest absolute Gasteiger partial charge is 0.496 e. The third-order valence-corrected chi connectivity index (χ3v) is 10.3. The summed E-state index contributed by atoms with van der Waals surface area (Å²) in [6, 6.07) is 15.7. The fourth-order valence-corrected chi connectivity index (χ4v) is 6.64. The molecule has 0 amide bonds. The number of hydrogen-bond acceptors (Lipinski definition) is 10. The van der Waals surface area contributed by atoms with E-state index in [1.54, 1.807) is 20.1 Å². The molecule has 0 aliphatic carbocycles. The van der Waals surface area contributed by atoms with Gasteiger partial charge in [-0.15, -0.1) is 11.3 Å². The van der Waals surface area contributed by atoms with Crippen molar-refractivity contribution in [3.63, 3.8) is 0 Å². The Balaban J connectivity index is 1.37. The Bertz CT molecular complexity index is 1900. The van der Waals surface area contributed by atoms with E-state index in [0.717, 1.165) is 31.7 Å². The summed E-state index contributed by atoms with van der Waals surface area (Å²) in [6.07, 6.45) is 1.82. The molecule has 0 bridgehead atoms. The van der Waals surface area contributed by atoms with E-state index in [1.807, 2.05) is 48.7 Å². The maximum atomic E-state index is 13.5. The van der Waals surface area contributed by atoms with Crippen molar-refractivity contribution >= 4 is 59.5 Å². The highest BCUT2D eigenvalue weighted by Crippen LogP contribution is 2.38. The van der Waals surface area contributed by atoms with Crippen LogP contribution in [0.1, 0.15) is 36.9 Å². The van der Waals surface area contributed by atoms with E-state index in [9.17, 15) is 12.8 Å². The quantitative estimate of drug-likeness (QED) is 0.123. The highest BCUT2D eigenvalue weighted by molar-refractivity contribution is 9.10. The lowest BCUT2D eigenvalue weighted by Crippen LogP contribution is -2.16. The van der Waals surface area contributed by atoms with E-state index in [1.165, 1.54) is 29.8 Å². The van der Waals surface area contributed by atoms with Crippen LogP contribution in [0.3, 0.4) is 0 Å². The molecule has 13 heteroatoms. The first-order chi connectivity index (χ1) is 21.7. The van der Waals surface area contributed by atoms with Crippen molar-refractivity contribution in [1.29, 1.82) is 0 Å². The van der Waals surface area contributed by atoms with Gasteiger partial charge in [0.15, 0.2) is 9.84 Å². The summed E-state index contributed by atoms with van der Waals surface area (Å²) in [5.74, 6) is 1.57. The lowest BCUT2D eigenvalue weighted by Gasteiger charge is -2.14. The molecular formula is C32H32BrFN4O5S2. The average Bonchev–Trinajstić information content (AvgIpc) is 3.52. The van der Waals surface area contributed by atoms with E-state index in [0.29, 0.717) is 34.9 Å². The Morgan fingerprint density at radius 2 is 1.91 bits per heavy atom. The number of benzene rings is 3. The Hall–Kier alpha value is -3.65. The van der Waals surface area contributed by atoms with Crippen LogP contribution in [0.2, 0.25) is 0 Å². The minimum absolute atomic E-state index is 0.0201. The van der Waals surface area contributed by atoms with Crippen LogP contribution in [-0.4, -0.2) is 48.6 Å². The zero-order valence-corrected chi connectivity index (χ0v) is 28.1. The minimum Gasteiger partial charge on any atom is -0.496 e. The molecule has 5 rings (SSSR count). The van der Waals surface area contributed by atoms with E-state index in [2.05, 4.69) is 31.2 Å². The van der Waals surface area contributed by atoms with Gasteiger partial charge in [-0.05, 0) is 64.3 Å². The van der Waals surface area contributed by atoms with Gasteiger partial charge in [0.05, 0.1) is 35.2 Å². The monoisotopic (exact) mass is 714 g/mol.